The zero-order valence-electron chi connectivity index (χ0n) is 13.3. The van der Waals surface area contributed by atoms with Crippen LogP contribution in [0.4, 0.5) is 0 Å². The Morgan fingerprint density at radius 3 is 1.90 bits per heavy atom. The van der Waals surface area contributed by atoms with Crippen molar-refractivity contribution in [1.29, 1.82) is 0 Å². The number of carbonyl (C=O) groups is 3. The van der Waals surface area contributed by atoms with Gasteiger partial charge < -0.3 is 14.2 Å². The third-order valence-corrected chi connectivity index (χ3v) is 2.56. The van der Waals surface area contributed by atoms with E-state index < -0.39 is 29.9 Å². The second-order valence-electron chi connectivity index (χ2n) is 5.52. The molecule has 0 aromatic carbocycles. The highest BCUT2D eigenvalue weighted by Gasteiger charge is 2.37. The molecule has 7 heteroatoms. The van der Waals surface area contributed by atoms with E-state index in [-0.39, 0.29) is 11.8 Å². The van der Waals surface area contributed by atoms with Gasteiger partial charge in [-0.1, -0.05) is 20.8 Å². The van der Waals surface area contributed by atoms with Gasteiger partial charge in [-0.05, 0) is 5.41 Å². The third kappa shape index (κ3) is 6.87. The molecule has 0 spiro atoms. The van der Waals surface area contributed by atoms with Crippen LogP contribution in [0, 0.1) is 11.3 Å². The Kier molecular flexibility index (Phi) is 7.62. The first kappa shape index (κ1) is 19.1. The van der Waals surface area contributed by atoms with Crippen LogP contribution in [0.3, 0.4) is 0 Å². The molecule has 7 nitrogen and oxygen atoms in total. The number of esters is 3. The van der Waals surface area contributed by atoms with Gasteiger partial charge in [-0.2, -0.15) is 0 Å². The van der Waals surface area contributed by atoms with Gasteiger partial charge >= 0.3 is 17.9 Å². The number of carbonyl (C=O) groups excluding carboxylic acids is 3. The fourth-order valence-electron chi connectivity index (χ4n) is 1.49. The second-order valence-corrected chi connectivity index (χ2v) is 5.52. The molecular formula is C14H23NO6. The highest BCUT2D eigenvalue weighted by atomic mass is 16.5. The molecule has 2 unspecified atom stereocenters. The molecule has 0 aromatic heterocycles. The fourth-order valence-corrected chi connectivity index (χ4v) is 1.49. The van der Waals surface area contributed by atoms with Gasteiger partial charge in [-0.25, -0.2) is 4.79 Å². The van der Waals surface area contributed by atoms with Crippen LogP contribution in [0.25, 0.3) is 0 Å². The molecule has 0 amide bonds. The minimum atomic E-state index is -1.15. The van der Waals surface area contributed by atoms with Gasteiger partial charge in [0.2, 0.25) is 0 Å². The van der Waals surface area contributed by atoms with Crippen molar-refractivity contribution >= 4 is 24.1 Å². The Labute approximate surface area is 124 Å². The second kappa shape index (κ2) is 8.39. The highest BCUT2D eigenvalue weighted by molar-refractivity contribution is 5.89. The summed E-state index contributed by atoms with van der Waals surface area (Å²) in [4.78, 5) is 39.2. The van der Waals surface area contributed by atoms with Crippen LogP contribution in [-0.4, -0.2) is 51.5 Å². The number of hydrogen-bond acceptors (Lipinski definition) is 7. The summed E-state index contributed by atoms with van der Waals surface area (Å²) in [5.74, 6) is -3.16. The molecule has 0 radical (unpaired) electrons. The minimum absolute atomic E-state index is 0.293. The SMILES string of the molecule is COC(=O)CC(C(=O)OC)C(N=CC(C)(C)C)C(=O)OC. The maximum Gasteiger partial charge on any atom is 0.331 e. The summed E-state index contributed by atoms with van der Waals surface area (Å²) in [6, 6.07) is -1.15. The molecule has 0 heterocycles. The smallest absolute Gasteiger partial charge is 0.331 e. The van der Waals surface area contributed by atoms with E-state index in [0.717, 1.165) is 0 Å². The van der Waals surface area contributed by atoms with E-state index >= 15 is 0 Å². The van der Waals surface area contributed by atoms with Crippen LogP contribution < -0.4 is 0 Å². The van der Waals surface area contributed by atoms with Crippen molar-refractivity contribution in [2.24, 2.45) is 16.3 Å². The first-order chi connectivity index (χ1) is 9.66. The predicted molar refractivity (Wildman–Crippen MR) is 75.9 cm³/mol. The summed E-state index contributed by atoms with van der Waals surface area (Å²) in [7, 11) is 3.56. The molecule has 0 N–H and O–H groups in total. The first-order valence-corrected chi connectivity index (χ1v) is 6.43. The van der Waals surface area contributed by atoms with Crippen LogP contribution >= 0.6 is 0 Å². The molecule has 0 bridgehead atoms. The van der Waals surface area contributed by atoms with Gasteiger partial charge in [0.1, 0.15) is 5.92 Å². The maximum atomic E-state index is 11.9. The first-order valence-electron chi connectivity index (χ1n) is 6.43. The van der Waals surface area contributed by atoms with E-state index in [1.807, 2.05) is 20.8 Å². The lowest BCUT2D eigenvalue weighted by Gasteiger charge is -2.20. The Bertz CT molecular complexity index is 410. The fraction of sp³-hybridized carbons (Fsp3) is 0.714. The lowest BCUT2D eigenvalue weighted by Crippen LogP contribution is -2.37. The largest absolute Gasteiger partial charge is 0.469 e. The molecule has 0 saturated heterocycles. The van der Waals surface area contributed by atoms with Gasteiger partial charge in [0, 0.05) is 6.21 Å². The third-order valence-electron chi connectivity index (χ3n) is 2.56. The number of aliphatic imine (C=N–C) groups is 1. The molecule has 0 fully saturated rings. The van der Waals surface area contributed by atoms with Crippen molar-refractivity contribution in [3.05, 3.63) is 0 Å². The standard InChI is InChI=1S/C14H23NO6/c1-14(2,3)8-15-11(13(18)21-6)9(12(17)20-5)7-10(16)19-4/h8-9,11H,7H2,1-6H3. The number of nitrogens with zero attached hydrogens (tertiary/aromatic N) is 1. The van der Waals surface area contributed by atoms with Crippen LogP contribution in [0.15, 0.2) is 4.99 Å². The Morgan fingerprint density at radius 2 is 1.52 bits per heavy atom. The molecule has 2 atom stereocenters. The summed E-state index contributed by atoms with van der Waals surface area (Å²) >= 11 is 0. The molecule has 0 aromatic rings. The average molecular weight is 301 g/mol. The Hall–Kier alpha value is -1.92. The normalized spacial score (nSPS) is 14.4. The van der Waals surface area contributed by atoms with E-state index in [4.69, 9.17) is 0 Å². The summed E-state index contributed by atoms with van der Waals surface area (Å²) in [6.45, 7) is 5.66. The van der Waals surface area contributed by atoms with E-state index in [1.54, 1.807) is 6.21 Å². The van der Waals surface area contributed by atoms with Crippen LogP contribution in [0.1, 0.15) is 27.2 Å². The Balaban J connectivity index is 5.46. The maximum absolute atomic E-state index is 11.9. The lowest BCUT2D eigenvalue weighted by atomic mass is 9.95. The summed E-state index contributed by atoms with van der Waals surface area (Å²) in [5.41, 5.74) is -0.293. The number of rotatable bonds is 6. The number of ether oxygens (including phenoxy) is 3. The number of hydrogen-bond donors (Lipinski definition) is 0. The van der Waals surface area contributed by atoms with Crippen molar-refractivity contribution in [3.8, 4) is 0 Å². The van der Waals surface area contributed by atoms with Crippen LogP contribution in [0.5, 0.6) is 0 Å². The van der Waals surface area contributed by atoms with Gasteiger partial charge in [0.25, 0.3) is 0 Å². The summed E-state index contributed by atoms with van der Waals surface area (Å²) < 4.78 is 13.8. The van der Waals surface area contributed by atoms with Gasteiger partial charge in [-0.15, -0.1) is 0 Å². The quantitative estimate of drug-likeness (QED) is 0.413. The molecule has 0 rings (SSSR count). The molecule has 0 aliphatic carbocycles. The van der Waals surface area contributed by atoms with Gasteiger partial charge in [0.05, 0.1) is 27.8 Å². The predicted octanol–water partition coefficient (Wildman–Crippen LogP) is 0.997. The van der Waals surface area contributed by atoms with Crippen LogP contribution in [0.2, 0.25) is 0 Å². The van der Waals surface area contributed by atoms with Crippen molar-refractivity contribution < 1.29 is 28.6 Å². The minimum Gasteiger partial charge on any atom is -0.469 e. The van der Waals surface area contributed by atoms with E-state index in [2.05, 4.69) is 19.2 Å². The number of methoxy groups -OCH3 is 3. The van der Waals surface area contributed by atoms with Crippen LogP contribution in [-0.2, 0) is 28.6 Å². The topological polar surface area (TPSA) is 91.3 Å². The summed E-state index contributed by atoms with van der Waals surface area (Å²) in [6.07, 6.45) is 1.23. The average Bonchev–Trinajstić information content (AvgIpc) is 2.43. The highest BCUT2D eigenvalue weighted by Crippen LogP contribution is 2.19. The van der Waals surface area contributed by atoms with Gasteiger partial charge in [0.15, 0.2) is 6.04 Å². The zero-order valence-corrected chi connectivity index (χ0v) is 13.3. The monoisotopic (exact) mass is 301 g/mol. The summed E-state index contributed by atoms with van der Waals surface area (Å²) in [5, 5.41) is 0. The van der Waals surface area contributed by atoms with Gasteiger partial charge in [-0.3, -0.25) is 14.6 Å². The molecule has 0 aliphatic heterocycles. The van der Waals surface area contributed by atoms with Crippen molar-refractivity contribution in [1.82, 2.24) is 0 Å². The van der Waals surface area contributed by atoms with E-state index in [1.165, 1.54) is 21.3 Å². The molecule has 0 saturated carbocycles. The lowest BCUT2D eigenvalue weighted by molar-refractivity contribution is -0.157. The zero-order chi connectivity index (χ0) is 16.6. The molecular weight excluding hydrogens is 278 g/mol. The van der Waals surface area contributed by atoms with E-state index in [0.29, 0.717) is 0 Å². The molecule has 120 valence electrons. The Morgan fingerprint density at radius 1 is 1.00 bits per heavy atom. The van der Waals surface area contributed by atoms with Crippen molar-refractivity contribution in [2.75, 3.05) is 21.3 Å². The van der Waals surface area contributed by atoms with Crippen molar-refractivity contribution in [2.45, 2.75) is 33.2 Å². The molecule has 0 aliphatic rings. The van der Waals surface area contributed by atoms with Crippen molar-refractivity contribution in [3.63, 3.8) is 0 Å². The van der Waals surface area contributed by atoms with E-state index in [9.17, 15) is 14.4 Å². The molecule has 21 heavy (non-hydrogen) atoms.